The molecule has 1 aliphatic carbocycles. The zero-order chi connectivity index (χ0) is 13.9. The molecular weight excluding hydrogens is 250 g/mol. The predicted molar refractivity (Wildman–Crippen MR) is 79.8 cm³/mol. The van der Waals surface area contributed by atoms with Crippen LogP contribution in [0.4, 0.5) is 0 Å². The Kier molecular flexibility index (Phi) is 3.65. The minimum atomic E-state index is -0.0238. The van der Waals surface area contributed by atoms with E-state index in [1.54, 1.807) is 0 Å². The van der Waals surface area contributed by atoms with E-state index >= 15 is 0 Å². The second-order valence-electron chi connectivity index (χ2n) is 5.31. The maximum Gasteiger partial charge on any atom is 0.252 e. The maximum absolute atomic E-state index is 12.3. The van der Waals surface area contributed by atoms with Gasteiger partial charge >= 0.3 is 0 Å². The standard InChI is InChI=1S/C16H19N3O/c1-11-10-14(13-4-2-3-5-15(13)19-11)16(20)18-9-8-17-12-6-7-12/h2-5,10,12,17H,6-9H2,1H3,(H,18,20). The van der Waals surface area contributed by atoms with Gasteiger partial charge in [0.25, 0.3) is 5.91 Å². The van der Waals surface area contributed by atoms with Gasteiger partial charge in [0.05, 0.1) is 11.1 Å². The van der Waals surface area contributed by atoms with Crippen molar-refractivity contribution in [2.75, 3.05) is 13.1 Å². The summed E-state index contributed by atoms with van der Waals surface area (Å²) in [6, 6.07) is 10.3. The molecule has 3 rings (SSSR count). The molecule has 1 aromatic heterocycles. The summed E-state index contributed by atoms with van der Waals surface area (Å²) in [4.78, 5) is 16.8. The quantitative estimate of drug-likeness (QED) is 0.817. The lowest BCUT2D eigenvalue weighted by Gasteiger charge is -2.09. The average molecular weight is 269 g/mol. The second-order valence-corrected chi connectivity index (χ2v) is 5.31. The number of para-hydroxylation sites is 1. The van der Waals surface area contributed by atoms with Gasteiger partial charge in [-0.05, 0) is 31.9 Å². The first-order valence-electron chi connectivity index (χ1n) is 7.12. The van der Waals surface area contributed by atoms with Crippen LogP contribution in [-0.2, 0) is 0 Å². The molecule has 0 saturated heterocycles. The van der Waals surface area contributed by atoms with Crippen molar-refractivity contribution in [3.63, 3.8) is 0 Å². The first-order chi connectivity index (χ1) is 9.74. The van der Waals surface area contributed by atoms with Crippen LogP contribution in [0.5, 0.6) is 0 Å². The van der Waals surface area contributed by atoms with Gasteiger partial charge in [-0.3, -0.25) is 9.78 Å². The van der Waals surface area contributed by atoms with Crippen LogP contribution in [0.2, 0.25) is 0 Å². The van der Waals surface area contributed by atoms with Crippen LogP contribution >= 0.6 is 0 Å². The summed E-state index contributed by atoms with van der Waals surface area (Å²) >= 11 is 0. The minimum Gasteiger partial charge on any atom is -0.351 e. The second kappa shape index (κ2) is 5.59. The molecular formula is C16H19N3O. The lowest BCUT2D eigenvalue weighted by Crippen LogP contribution is -2.32. The predicted octanol–water partition coefficient (Wildman–Crippen LogP) is 2.03. The summed E-state index contributed by atoms with van der Waals surface area (Å²) in [6.45, 7) is 3.40. The van der Waals surface area contributed by atoms with E-state index in [0.717, 1.165) is 23.1 Å². The molecule has 104 valence electrons. The Morgan fingerprint density at radius 3 is 2.90 bits per heavy atom. The molecule has 0 aliphatic heterocycles. The lowest BCUT2D eigenvalue weighted by molar-refractivity contribution is 0.0955. The highest BCUT2D eigenvalue weighted by Crippen LogP contribution is 2.18. The van der Waals surface area contributed by atoms with Gasteiger partial charge in [-0.2, -0.15) is 0 Å². The molecule has 0 spiro atoms. The SMILES string of the molecule is Cc1cc(C(=O)NCCNC2CC2)c2ccccc2n1. The number of nitrogens with zero attached hydrogens (tertiary/aromatic N) is 1. The number of rotatable bonds is 5. The van der Waals surface area contributed by atoms with E-state index in [0.29, 0.717) is 18.2 Å². The molecule has 0 unspecified atom stereocenters. The number of hydrogen-bond donors (Lipinski definition) is 2. The molecule has 2 N–H and O–H groups in total. The van der Waals surface area contributed by atoms with Crippen molar-refractivity contribution in [2.24, 2.45) is 0 Å². The Bertz CT molecular complexity index is 635. The molecule has 1 amide bonds. The zero-order valence-electron chi connectivity index (χ0n) is 11.6. The fraction of sp³-hybridized carbons (Fsp3) is 0.375. The average Bonchev–Trinajstić information content (AvgIpc) is 3.26. The number of carbonyl (C=O) groups is 1. The molecule has 2 aromatic rings. The van der Waals surface area contributed by atoms with Crippen molar-refractivity contribution in [1.82, 2.24) is 15.6 Å². The fourth-order valence-electron chi connectivity index (χ4n) is 2.33. The number of aryl methyl sites for hydroxylation is 1. The molecule has 4 heteroatoms. The van der Waals surface area contributed by atoms with Crippen LogP contribution < -0.4 is 10.6 Å². The first kappa shape index (κ1) is 13.1. The van der Waals surface area contributed by atoms with Gasteiger partial charge in [-0.15, -0.1) is 0 Å². The molecule has 0 radical (unpaired) electrons. The van der Waals surface area contributed by atoms with E-state index in [-0.39, 0.29) is 5.91 Å². The molecule has 1 saturated carbocycles. The lowest BCUT2D eigenvalue weighted by atomic mass is 10.1. The zero-order valence-corrected chi connectivity index (χ0v) is 11.6. The van der Waals surface area contributed by atoms with Gasteiger partial charge in [-0.25, -0.2) is 0 Å². The van der Waals surface area contributed by atoms with Gasteiger partial charge in [0.1, 0.15) is 0 Å². The van der Waals surface area contributed by atoms with Crippen molar-refractivity contribution in [1.29, 1.82) is 0 Å². The summed E-state index contributed by atoms with van der Waals surface area (Å²) in [5, 5.41) is 7.27. The number of pyridine rings is 1. The molecule has 0 atom stereocenters. The number of aromatic nitrogens is 1. The molecule has 20 heavy (non-hydrogen) atoms. The molecule has 1 fully saturated rings. The van der Waals surface area contributed by atoms with Crippen LogP contribution in [0, 0.1) is 6.92 Å². The van der Waals surface area contributed by atoms with Crippen molar-refractivity contribution >= 4 is 16.8 Å². The van der Waals surface area contributed by atoms with Crippen LogP contribution in [-0.4, -0.2) is 30.0 Å². The van der Waals surface area contributed by atoms with Gasteiger partial charge < -0.3 is 10.6 Å². The topological polar surface area (TPSA) is 54.0 Å². The molecule has 1 aliphatic rings. The van der Waals surface area contributed by atoms with Gasteiger partial charge in [0.15, 0.2) is 0 Å². The Hall–Kier alpha value is -1.94. The van der Waals surface area contributed by atoms with E-state index < -0.39 is 0 Å². The highest BCUT2D eigenvalue weighted by atomic mass is 16.1. The summed E-state index contributed by atoms with van der Waals surface area (Å²) < 4.78 is 0. The van der Waals surface area contributed by atoms with Crippen LogP contribution in [0.3, 0.4) is 0 Å². The third-order valence-electron chi connectivity index (χ3n) is 3.51. The van der Waals surface area contributed by atoms with Crippen molar-refractivity contribution < 1.29 is 4.79 Å². The summed E-state index contributed by atoms with van der Waals surface area (Å²) in [7, 11) is 0. The van der Waals surface area contributed by atoms with E-state index in [1.807, 2.05) is 37.3 Å². The van der Waals surface area contributed by atoms with Crippen molar-refractivity contribution in [3.8, 4) is 0 Å². The number of benzene rings is 1. The molecule has 0 bridgehead atoms. The van der Waals surface area contributed by atoms with E-state index in [4.69, 9.17) is 0 Å². The number of fused-ring (bicyclic) bond motifs is 1. The Morgan fingerprint density at radius 1 is 1.30 bits per heavy atom. The highest BCUT2D eigenvalue weighted by molar-refractivity contribution is 6.06. The number of hydrogen-bond acceptors (Lipinski definition) is 3. The van der Waals surface area contributed by atoms with E-state index in [9.17, 15) is 4.79 Å². The Balaban J connectivity index is 1.72. The largest absolute Gasteiger partial charge is 0.351 e. The van der Waals surface area contributed by atoms with Crippen molar-refractivity contribution in [3.05, 3.63) is 41.6 Å². The highest BCUT2D eigenvalue weighted by Gasteiger charge is 2.19. The Morgan fingerprint density at radius 2 is 2.10 bits per heavy atom. The first-order valence-corrected chi connectivity index (χ1v) is 7.12. The van der Waals surface area contributed by atoms with Crippen LogP contribution in [0.1, 0.15) is 28.9 Å². The normalized spacial score (nSPS) is 14.4. The van der Waals surface area contributed by atoms with Crippen LogP contribution in [0.25, 0.3) is 10.9 Å². The van der Waals surface area contributed by atoms with E-state index in [1.165, 1.54) is 12.8 Å². The summed E-state index contributed by atoms with van der Waals surface area (Å²) in [6.07, 6.45) is 2.53. The van der Waals surface area contributed by atoms with Gasteiger partial charge in [-0.1, -0.05) is 18.2 Å². The third-order valence-corrected chi connectivity index (χ3v) is 3.51. The number of carbonyl (C=O) groups excluding carboxylic acids is 1. The molecule has 1 aromatic carbocycles. The maximum atomic E-state index is 12.3. The smallest absolute Gasteiger partial charge is 0.252 e. The van der Waals surface area contributed by atoms with Gasteiger partial charge in [0, 0.05) is 30.2 Å². The summed E-state index contributed by atoms with van der Waals surface area (Å²) in [5.41, 5.74) is 2.44. The Labute approximate surface area is 118 Å². The van der Waals surface area contributed by atoms with Crippen LogP contribution in [0.15, 0.2) is 30.3 Å². The van der Waals surface area contributed by atoms with E-state index in [2.05, 4.69) is 15.6 Å². The third kappa shape index (κ3) is 2.96. The fourth-order valence-corrected chi connectivity index (χ4v) is 2.33. The molecule has 4 nitrogen and oxygen atoms in total. The monoisotopic (exact) mass is 269 g/mol. The number of nitrogens with one attached hydrogen (secondary N) is 2. The number of amides is 1. The minimum absolute atomic E-state index is 0.0238. The summed E-state index contributed by atoms with van der Waals surface area (Å²) in [5.74, 6) is -0.0238. The molecule has 1 heterocycles. The van der Waals surface area contributed by atoms with Crippen molar-refractivity contribution in [2.45, 2.75) is 25.8 Å². The van der Waals surface area contributed by atoms with Gasteiger partial charge in [0.2, 0.25) is 0 Å².